The van der Waals surface area contributed by atoms with Crippen molar-refractivity contribution in [2.45, 2.75) is 11.9 Å². The molecule has 0 saturated heterocycles. The molecule has 1 N–H and O–H groups in total. The number of aromatic hydroxyl groups is 1. The van der Waals surface area contributed by atoms with E-state index in [0.29, 0.717) is 10.3 Å². The molecular weight excluding hydrogens is 842 g/mol. The summed E-state index contributed by atoms with van der Waals surface area (Å²) in [6.45, 7) is 0.564. The Hall–Kier alpha value is -0.760. The van der Waals surface area contributed by atoms with E-state index in [9.17, 15) is 0 Å². The van der Waals surface area contributed by atoms with Gasteiger partial charge in [-0.2, -0.15) is 0 Å². The molecule has 4 nitrogen and oxygen atoms in total. The van der Waals surface area contributed by atoms with E-state index in [0.717, 1.165) is 29.3 Å². The summed E-state index contributed by atoms with van der Waals surface area (Å²) in [6, 6.07) is 23.9. The van der Waals surface area contributed by atoms with Gasteiger partial charge >= 0.3 is 0 Å². The second kappa shape index (κ2) is 16.0. The maximum absolute atomic E-state index is 9.00. The van der Waals surface area contributed by atoms with Gasteiger partial charge < -0.3 is 9.84 Å². The van der Waals surface area contributed by atoms with Crippen LogP contribution in [0, 0.1) is 7.40 Å². The van der Waals surface area contributed by atoms with Crippen molar-refractivity contribution in [1.82, 2.24) is 9.97 Å². The summed E-state index contributed by atoms with van der Waals surface area (Å²) in [5.41, 5.74) is 2.48. The molecule has 9 heteroatoms. The molecule has 0 bridgehead atoms. The van der Waals surface area contributed by atoms with Crippen LogP contribution in [0.5, 0.6) is 11.5 Å². The van der Waals surface area contributed by atoms with Gasteiger partial charge in [0.1, 0.15) is 19.8 Å². The largest absolute Gasteiger partial charge is 0.505 e. The minimum atomic E-state index is 0.213. The predicted octanol–water partition coefficient (Wildman–Crippen LogP) is 8.76. The van der Waals surface area contributed by atoms with Crippen LogP contribution in [-0.4, -0.2) is 15.1 Å². The van der Waals surface area contributed by atoms with E-state index in [1.807, 2.05) is 77.2 Å². The van der Waals surface area contributed by atoms with E-state index >= 15 is 0 Å². The number of benzene rings is 2. The Bertz CT molecular complexity index is 1120. The molecule has 2 aromatic carbocycles. The number of pyridine rings is 2. The number of nitrogens with zero attached hydrogens (tertiary/aromatic N) is 2. The smallest absolute Gasteiger partial charge is 0.152 e. The van der Waals surface area contributed by atoms with Gasteiger partial charge in [0.05, 0.1) is 0 Å². The Morgan fingerprint density at radius 2 is 1.27 bits per heavy atom. The Labute approximate surface area is 246 Å². The van der Waals surface area contributed by atoms with Crippen LogP contribution in [0.4, 0.5) is 0 Å². The highest BCUT2D eigenvalue weighted by Crippen LogP contribution is 2.23. The number of hydrogen-bond acceptors (Lipinski definition) is 4. The van der Waals surface area contributed by atoms with Crippen molar-refractivity contribution in [1.29, 1.82) is 0 Å². The van der Waals surface area contributed by atoms with Crippen LogP contribution >= 0.6 is 93.0 Å². The average molecular weight is 861 g/mol. The van der Waals surface area contributed by atoms with Gasteiger partial charge in [0.15, 0.2) is 5.75 Å². The van der Waals surface area contributed by atoms with Crippen LogP contribution in [0.1, 0.15) is 11.1 Å². The second-order valence-corrected chi connectivity index (χ2v) is 10.7. The number of rotatable bonds is 4. The minimum absolute atomic E-state index is 0.213. The first-order valence-electron chi connectivity index (χ1n) is 9.46. The van der Waals surface area contributed by atoms with E-state index in [1.54, 1.807) is 18.5 Å². The van der Waals surface area contributed by atoms with E-state index < -0.39 is 0 Å². The van der Waals surface area contributed by atoms with Crippen LogP contribution in [0.2, 0.25) is 0 Å². The quantitative estimate of drug-likeness (QED) is 0.127. The highest BCUT2D eigenvalue weighted by atomic mass is 127. The third-order valence-electron chi connectivity index (χ3n) is 3.80. The first-order chi connectivity index (χ1) is 15.9. The Balaban J connectivity index is 0.000000192. The van der Waals surface area contributed by atoms with Gasteiger partial charge in [0.25, 0.3) is 0 Å². The first kappa shape index (κ1) is 28.5. The number of aromatic nitrogens is 2. The molecule has 2 heterocycles. The van der Waals surface area contributed by atoms with Gasteiger partial charge in [-0.15, -0.1) is 0 Å². The SMILES string of the molecule is BrCc1ccccc1.Brc1cnc(I)c(OCc2ccccc2)c1.Oc1cc(Br)cnc1I. The summed E-state index contributed by atoms with van der Waals surface area (Å²) in [5, 5.41) is 9.95. The van der Waals surface area contributed by atoms with Gasteiger partial charge in [-0.1, -0.05) is 76.6 Å². The molecule has 0 fully saturated rings. The average Bonchev–Trinajstić information content (AvgIpc) is 2.84. The fourth-order valence-corrected chi connectivity index (χ4v) is 3.97. The topological polar surface area (TPSA) is 55.2 Å². The fraction of sp³-hybridized carbons (Fsp3) is 0.0833. The third kappa shape index (κ3) is 11.5. The van der Waals surface area contributed by atoms with Crippen LogP contribution in [-0.2, 0) is 11.9 Å². The molecule has 172 valence electrons. The highest BCUT2D eigenvalue weighted by Gasteiger charge is 2.03. The van der Waals surface area contributed by atoms with Crippen molar-refractivity contribution in [2.24, 2.45) is 0 Å². The summed E-state index contributed by atoms with van der Waals surface area (Å²) in [5.74, 6) is 1.02. The van der Waals surface area contributed by atoms with Crippen molar-refractivity contribution >= 4 is 93.0 Å². The lowest BCUT2D eigenvalue weighted by Crippen LogP contribution is -1.97. The van der Waals surface area contributed by atoms with Gasteiger partial charge in [-0.05, 0) is 100 Å². The molecule has 2 aromatic heterocycles. The van der Waals surface area contributed by atoms with Crippen molar-refractivity contribution in [3.05, 3.63) is 113 Å². The molecular formula is C24H19Br3I2N2O2. The Morgan fingerprint density at radius 3 is 1.76 bits per heavy atom. The molecule has 0 aliphatic rings. The molecule has 0 aliphatic carbocycles. The summed E-state index contributed by atoms with van der Waals surface area (Å²) >= 11 is 14.0. The second-order valence-electron chi connectivity index (χ2n) is 6.30. The Morgan fingerprint density at radius 1 is 0.758 bits per heavy atom. The zero-order chi connectivity index (χ0) is 24.1. The molecule has 4 aromatic rings. The predicted molar refractivity (Wildman–Crippen MR) is 161 cm³/mol. The van der Waals surface area contributed by atoms with Crippen molar-refractivity contribution in [2.75, 3.05) is 0 Å². The molecule has 0 atom stereocenters. The zero-order valence-electron chi connectivity index (χ0n) is 17.1. The van der Waals surface area contributed by atoms with E-state index in [1.165, 1.54) is 5.56 Å². The number of ether oxygens (including phenoxy) is 1. The number of halogens is 5. The number of hydrogen-bond donors (Lipinski definition) is 1. The molecule has 0 amide bonds. The number of alkyl halides is 1. The molecule has 0 spiro atoms. The Kier molecular flexibility index (Phi) is 13.8. The standard InChI is InChI=1S/C12H9BrINO.C7H7Br.C5H3BrINO/c13-10-6-11(12(14)15-7-10)16-8-9-4-2-1-3-5-9;8-6-7-4-2-1-3-5-7;6-3-1-4(9)5(7)8-2-3/h1-7H,8H2;1-5H,6H2;1-2,9H. The summed E-state index contributed by atoms with van der Waals surface area (Å²) < 4.78 is 8.92. The van der Waals surface area contributed by atoms with Gasteiger partial charge in [-0.3, -0.25) is 0 Å². The maximum Gasteiger partial charge on any atom is 0.152 e. The lowest BCUT2D eigenvalue weighted by atomic mass is 10.2. The molecule has 0 radical (unpaired) electrons. The van der Waals surface area contributed by atoms with Gasteiger partial charge in [-0.25, -0.2) is 9.97 Å². The lowest BCUT2D eigenvalue weighted by Gasteiger charge is -2.07. The lowest BCUT2D eigenvalue weighted by molar-refractivity contribution is 0.302. The molecule has 0 saturated carbocycles. The van der Waals surface area contributed by atoms with Gasteiger partial charge in [0, 0.05) is 26.7 Å². The summed E-state index contributed by atoms with van der Waals surface area (Å²) in [7, 11) is 0. The van der Waals surface area contributed by atoms with Crippen LogP contribution in [0.3, 0.4) is 0 Å². The normalized spacial score (nSPS) is 9.73. The van der Waals surface area contributed by atoms with Crippen LogP contribution in [0.15, 0.2) is 94.1 Å². The maximum atomic E-state index is 9.00. The third-order valence-corrected chi connectivity index (χ3v) is 6.95. The monoisotopic (exact) mass is 858 g/mol. The summed E-state index contributed by atoms with van der Waals surface area (Å²) in [6.07, 6.45) is 3.40. The van der Waals surface area contributed by atoms with E-state index in [2.05, 4.69) is 92.5 Å². The van der Waals surface area contributed by atoms with Crippen molar-refractivity contribution in [3.63, 3.8) is 0 Å². The van der Waals surface area contributed by atoms with Crippen molar-refractivity contribution < 1.29 is 9.84 Å². The molecule has 0 aliphatic heterocycles. The molecule has 4 rings (SSSR count). The van der Waals surface area contributed by atoms with Gasteiger partial charge in [0.2, 0.25) is 0 Å². The van der Waals surface area contributed by atoms with Crippen LogP contribution in [0.25, 0.3) is 0 Å². The fourth-order valence-electron chi connectivity index (χ4n) is 2.22. The van der Waals surface area contributed by atoms with E-state index in [4.69, 9.17) is 9.84 Å². The minimum Gasteiger partial charge on any atom is -0.505 e. The van der Waals surface area contributed by atoms with Crippen molar-refractivity contribution in [3.8, 4) is 11.5 Å². The molecule has 0 unspecified atom stereocenters. The van der Waals surface area contributed by atoms with E-state index in [-0.39, 0.29) is 5.75 Å². The highest BCUT2D eigenvalue weighted by molar-refractivity contribution is 14.1. The summed E-state index contributed by atoms with van der Waals surface area (Å²) in [4.78, 5) is 8.07. The first-order valence-corrected chi connectivity index (χ1v) is 14.3. The van der Waals surface area contributed by atoms with Crippen LogP contribution < -0.4 is 4.74 Å². The zero-order valence-corrected chi connectivity index (χ0v) is 26.2. The molecule has 33 heavy (non-hydrogen) atoms.